The summed E-state index contributed by atoms with van der Waals surface area (Å²) < 4.78 is 1.99. The molecule has 28 heavy (non-hydrogen) atoms. The summed E-state index contributed by atoms with van der Waals surface area (Å²) in [6.07, 6.45) is 4.41. The molecule has 0 aliphatic heterocycles. The number of carboxylic acid groups (broad SMARTS) is 1. The molecule has 3 aromatic rings. The minimum absolute atomic E-state index is 0.204. The number of hydrogen-bond acceptors (Lipinski definition) is 4. The van der Waals surface area contributed by atoms with Crippen LogP contribution in [0.15, 0.2) is 42.6 Å². The lowest BCUT2D eigenvalue weighted by molar-refractivity contribution is 0.0697. The number of aromatic nitrogens is 4. The Morgan fingerprint density at radius 3 is 2.57 bits per heavy atom. The molecular formula is C22H26N4O2. The third-order valence-corrected chi connectivity index (χ3v) is 4.45. The van der Waals surface area contributed by atoms with Gasteiger partial charge in [0, 0.05) is 24.6 Å². The lowest BCUT2D eigenvalue weighted by Crippen LogP contribution is -2.07. The van der Waals surface area contributed by atoms with Gasteiger partial charge < -0.3 is 5.11 Å². The highest BCUT2D eigenvalue weighted by Gasteiger charge is 2.14. The van der Waals surface area contributed by atoms with Crippen LogP contribution >= 0.6 is 0 Å². The van der Waals surface area contributed by atoms with Gasteiger partial charge in [0.05, 0.1) is 17.8 Å². The van der Waals surface area contributed by atoms with Gasteiger partial charge in [-0.1, -0.05) is 45.0 Å². The molecule has 0 radical (unpaired) electrons. The molecule has 0 atom stereocenters. The van der Waals surface area contributed by atoms with Crippen molar-refractivity contribution in [1.29, 1.82) is 0 Å². The van der Waals surface area contributed by atoms with Crippen molar-refractivity contribution in [1.82, 2.24) is 19.7 Å². The molecule has 0 saturated heterocycles. The number of benzene rings is 1. The second kappa shape index (κ2) is 8.78. The topological polar surface area (TPSA) is 80.9 Å². The number of pyridine rings is 1. The maximum Gasteiger partial charge on any atom is 0.337 e. The third-order valence-electron chi connectivity index (χ3n) is 4.45. The lowest BCUT2D eigenvalue weighted by Gasteiger charge is -2.08. The normalized spacial score (nSPS) is 11.1. The number of rotatable bonds is 8. The summed E-state index contributed by atoms with van der Waals surface area (Å²) >= 11 is 0. The van der Waals surface area contributed by atoms with E-state index in [1.54, 1.807) is 18.3 Å². The standard InChI is InChI=1S/C22H26N4O2/c1-4-6-20-24-19(13-15(2)3)25-26(20)14-16-8-10-17(11-9-16)21-18(22(27)28)7-5-12-23-21/h5,7-12,15H,4,6,13-14H2,1-3H3,(H,27,28). The van der Waals surface area contributed by atoms with Crippen LogP contribution in [0, 0.1) is 5.92 Å². The third kappa shape index (κ3) is 4.63. The summed E-state index contributed by atoms with van der Waals surface area (Å²) in [5.41, 5.74) is 2.56. The van der Waals surface area contributed by atoms with Crippen molar-refractivity contribution in [3.05, 3.63) is 65.4 Å². The predicted molar refractivity (Wildman–Crippen MR) is 108 cm³/mol. The van der Waals surface area contributed by atoms with Crippen LogP contribution in [-0.2, 0) is 19.4 Å². The van der Waals surface area contributed by atoms with Gasteiger partial charge in [-0.05, 0) is 30.0 Å². The van der Waals surface area contributed by atoms with E-state index in [9.17, 15) is 9.90 Å². The second-order valence-electron chi connectivity index (χ2n) is 7.35. The van der Waals surface area contributed by atoms with E-state index >= 15 is 0 Å². The van der Waals surface area contributed by atoms with Crippen LogP contribution in [0.2, 0.25) is 0 Å². The Morgan fingerprint density at radius 2 is 1.93 bits per heavy atom. The molecule has 6 heteroatoms. The summed E-state index contributed by atoms with van der Waals surface area (Å²) in [4.78, 5) is 20.4. The Labute approximate surface area is 165 Å². The molecule has 1 N–H and O–H groups in total. The Bertz CT molecular complexity index is 945. The lowest BCUT2D eigenvalue weighted by atomic mass is 10.0. The van der Waals surface area contributed by atoms with E-state index in [2.05, 4.69) is 25.8 Å². The van der Waals surface area contributed by atoms with Crippen molar-refractivity contribution in [2.75, 3.05) is 0 Å². The van der Waals surface area contributed by atoms with Gasteiger partial charge in [-0.25, -0.2) is 14.5 Å². The van der Waals surface area contributed by atoms with E-state index in [1.807, 2.05) is 28.9 Å². The average molecular weight is 378 g/mol. The van der Waals surface area contributed by atoms with Gasteiger partial charge in [0.1, 0.15) is 5.82 Å². The monoisotopic (exact) mass is 378 g/mol. The van der Waals surface area contributed by atoms with Crippen molar-refractivity contribution in [2.24, 2.45) is 5.92 Å². The second-order valence-corrected chi connectivity index (χ2v) is 7.35. The molecule has 2 heterocycles. The van der Waals surface area contributed by atoms with Crippen LogP contribution < -0.4 is 0 Å². The minimum Gasteiger partial charge on any atom is -0.478 e. The van der Waals surface area contributed by atoms with Crippen molar-refractivity contribution in [2.45, 2.75) is 46.6 Å². The van der Waals surface area contributed by atoms with Gasteiger partial charge in [0.15, 0.2) is 5.82 Å². The van der Waals surface area contributed by atoms with Gasteiger partial charge in [-0.2, -0.15) is 5.10 Å². The van der Waals surface area contributed by atoms with Crippen molar-refractivity contribution in [3.8, 4) is 11.3 Å². The number of hydrogen-bond donors (Lipinski definition) is 1. The predicted octanol–water partition coefficient (Wildman–Crippen LogP) is 4.24. The van der Waals surface area contributed by atoms with Crippen molar-refractivity contribution >= 4 is 5.97 Å². The summed E-state index contributed by atoms with van der Waals surface area (Å²) in [5.74, 6) is 1.46. The molecule has 6 nitrogen and oxygen atoms in total. The molecule has 146 valence electrons. The number of carboxylic acids is 1. The first kappa shape index (κ1) is 19.7. The Balaban J connectivity index is 1.83. The van der Waals surface area contributed by atoms with Crippen molar-refractivity contribution in [3.63, 3.8) is 0 Å². The molecule has 0 aliphatic carbocycles. The molecule has 0 amide bonds. The minimum atomic E-state index is -0.975. The zero-order valence-electron chi connectivity index (χ0n) is 16.6. The first-order valence-corrected chi connectivity index (χ1v) is 9.68. The zero-order valence-corrected chi connectivity index (χ0v) is 16.6. The average Bonchev–Trinajstić information content (AvgIpc) is 3.03. The van der Waals surface area contributed by atoms with Crippen LogP contribution in [0.3, 0.4) is 0 Å². The number of nitrogens with zero attached hydrogens (tertiary/aromatic N) is 4. The van der Waals surface area contributed by atoms with E-state index in [0.717, 1.165) is 42.0 Å². The maximum atomic E-state index is 11.4. The summed E-state index contributed by atoms with van der Waals surface area (Å²) in [5, 5.41) is 14.1. The Kier molecular flexibility index (Phi) is 6.19. The first-order valence-electron chi connectivity index (χ1n) is 9.68. The van der Waals surface area contributed by atoms with Gasteiger partial charge in [-0.15, -0.1) is 0 Å². The molecule has 0 spiro atoms. The van der Waals surface area contributed by atoms with Crippen LogP contribution in [0.4, 0.5) is 0 Å². The Hall–Kier alpha value is -3.02. The van der Waals surface area contributed by atoms with E-state index in [0.29, 0.717) is 18.2 Å². The fourth-order valence-electron chi connectivity index (χ4n) is 3.16. The number of carbonyl (C=O) groups is 1. The Morgan fingerprint density at radius 1 is 1.18 bits per heavy atom. The number of aromatic carboxylic acids is 1. The molecule has 2 aromatic heterocycles. The van der Waals surface area contributed by atoms with E-state index in [-0.39, 0.29) is 5.56 Å². The summed E-state index contributed by atoms with van der Waals surface area (Å²) in [7, 11) is 0. The fourth-order valence-corrected chi connectivity index (χ4v) is 3.16. The highest BCUT2D eigenvalue weighted by molar-refractivity contribution is 5.94. The molecule has 3 rings (SSSR count). The smallest absolute Gasteiger partial charge is 0.337 e. The molecule has 0 fully saturated rings. The first-order chi connectivity index (χ1) is 13.5. The summed E-state index contributed by atoms with van der Waals surface area (Å²) in [6.45, 7) is 7.13. The number of aryl methyl sites for hydroxylation is 1. The molecular weight excluding hydrogens is 352 g/mol. The van der Waals surface area contributed by atoms with Gasteiger partial charge >= 0.3 is 5.97 Å². The molecule has 1 aromatic carbocycles. The molecule has 0 unspecified atom stereocenters. The van der Waals surface area contributed by atoms with Crippen LogP contribution in [-0.4, -0.2) is 30.8 Å². The van der Waals surface area contributed by atoms with E-state index in [1.165, 1.54) is 0 Å². The highest BCUT2D eigenvalue weighted by Crippen LogP contribution is 2.22. The zero-order chi connectivity index (χ0) is 20.1. The molecule has 0 bridgehead atoms. The SMILES string of the molecule is CCCc1nc(CC(C)C)nn1Cc1ccc(-c2ncccc2C(=O)O)cc1. The van der Waals surface area contributed by atoms with Crippen molar-refractivity contribution < 1.29 is 9.90 Å². The van der Waals surface area contributed by atoms with Crippen LogP contribution in [0.25, 0.3) is 11.3 Å². The van der Waals surface area contributed by atoms with Gasteiger partial charge in [0.2, 0.25) is 0 Å². The van der Waals surface area contributed by atoms with Gasteiger partial charge in [0.25, 0.3) is 0 Å². The van der Waals surface area contributed by atoms with Crippen LogP contribution in [0.5, 0.6) is 0 Å². The molecule has 0 aliphatic rings. The molecule has 0 saturated carbocycles. The summed E-state index contributed by atoms with van der Waals surface area (Å²) in [6, 6.07) is 11.0. The quantitative estimate of drug-likeness (QED) is 0.634. The van der Waals surface area contributed by atoms with E-state index in [4.69, 9.17) is 10.1 Å². The van der Waals surface area contributed by atoms with E-state index < -0.39 is 5.97 Å². The fraction of sp³-hybridized carbons (Fsp3) is 0.364. The van der Waals surface area contributed by atoms with Gasteiger partial charge in [-0.3, -0.25) is 4.98 Å². The van der Waals surface area contributed by atoms with Crippen LogP contribution in [0.1, 0.15) is 54.8 Å². The largest absolute Gasteiger partial charge is 0.478 e. The highest BCUT2D eigenvalue weighted by atomic mass is 16.4. The maximum absolute atomic E-state index is 11.4.